The average molecular weight is 272 g/mol. The predicted molar refractivity (Wildman–Crippen MR) is 82.3 cm³/mol. The van der Waals surface area contributed by atoms with Crippen LogP contribution in [-0.4, -0.2) is 27.9 Å². The van der Waals surface area contributed by atoms with Crippen LogP contribution in [0.3, 0.4) is 0 Å². The van der Waals surface area contributed by atoms with Gasteiger partial charge in [0.2, 0.25) is 5.95 Å². The van der Waals surface area contributed by atoms with Gasteiger partial charge in [-0.1, -0.05) is 25.0 Å². The molecule has 2 rings (SSSR count). The molecule has 0 saturated carbocycles. The van der Waals surface area contributed by atoms with Crippen LogP contribution < -0.4 is 5.73 Å². The van der Waals surface area contributed by atoms with E-state index < -0.39 is 0 Å². The highest BCUT2D eigenvalue weighted by atomic mass is 16.3. The quantitative estimate of drug-likeness (QED) is 0.819. The Labute approximate surface area is 118 Å². The number of nitrogens with two attached hydrogens (primary N) is 1. The smallest absolute Gasteiger partial charge is 0.222 e. The van der Waals surface area contributed by atoms with E-state index in [4.69, 9.17) is 5.73 Å². The van der Waals surface area contributed by atoms with Crippen molar-refractivity contribution in [1.82, 2.24) is 9.97 Å². The van der Waals surface area contributed by atoms with Gasteiger partial charge in [-0.15, -0.1) is 0 Å². The van der Waals surface area contributed by atoms with E-state index in [2.05, 4.69) is 21.9 Å². The number of benzene rings is 1. The highest BCUT2D eigenvalue weighted by Gasteiger charge is 2.07. The third-order valence-corrected chi connectivity index (χ3v) is 3.15. The molecule has 1 aromatic heterocycles. The second-order valence-electron chi connectivity index (χ2n) is 4.94. The minimum atomic E-state index is 0.0519. The van der Waals surface area contributed by atoms with Gasteiger partial charge in [0.15, 0.2) is 5.82 Å². The lowest BCUT2D eigenvalue weighted by Gasteiger charge is -2.07. The lowest BCUT2D eigenvalue weighted by atomic mass is 10.1. The summed E-state index contributed by atoms with van der Waals surface area (Å²) in [7, 11) is 0. The van der Waals surface area contributed by atoms with Crippen LogP contribution >= 0.6 is 0 Å². The number of aliphatic hydroxyl groups is 1. The van der Waals surface area contributed by atoms with E-state index in [9.17, 15) is 5.11 Å². The molecular formula is C15H20N4O. The maximum Gasteiger partial charge on any atom is 0.222 e. The first-order valence-corrected chi connectivity index (χ1v) is 6.83. The van der Waals surface area contributed by atoms with Crippen molar-refractivity contribution in [1.29, 1.82) is 0 Å². The summed E-state index contributed by atoms with van der Waals surface area (Å²) in [5.74, 6) is 0.825. The van der Waals surface area contributed by atoms with Crippen LogP contribution in [0.5, 0.6) is 0 Å². The summed E-state index contributed by atoms with van der Waals surface area (Å²) in [5.41, 5.74) is 7.62. The molecule has 0 fully saturated rings. The molecule has 20 heavy (non-hydrogen) atoms. The molecule has 3 N–H and O–H groups in total. The summed E-state index contributed by atoms with van der Waals surface area (Å²) in [5, 5.41) is 10.2. The molecular weight excluding hydrogens is 252 g/mol. The zero-order valence-electron chi connectivity index (χ0n) is 11.9. The molecule has 1 atom stereocenters. The SMILES string of the molecule is CCC[C@H](/C=N\c1nc(N)nc2ccc(C)cc12)CO. The number of anilines is 1. The molecule has 0 unspecified atom stereocenters. The number of aliphatic hydroxyl groups excluding tert-OH is 1. The topological polar surface area (TPSA) is 84.4 Å². The van der Waals surface area contributed by atoms with Crippen LogP contribution in [0.4, 0.5) is 11.8 Å². The molecule has 0 radical (unpaired) electrons. The van der Waals surface area contributed by atoms with E-state index in [0.29, 0.717) is 5.82 Å². The zero-order valence-corrected chi connectivity index (χ0v) is 11.9. The summed E-state index contributed by atoms with van der Waals surface area (Å²) in [6.45, 7) is 4.18. The molecule has 0 saturated heterocycles. The maximum absolute atomic E-state index is 9.30. The zero-order chi connectivity index (χ0) is 14.5. The predicted octanol–water partition coefficient (Wildman–Crippen LogP) is 2.63. The number of hydrogen-bond acceptors (Lipinski definition) is 5. The van der Waals surface area contributed by atoms with Crippen LogP contribution in [0.15, 0.2) is 23.2 Å². The molecule has 5 heteroatoms. The Hall–Kier alpha value is -2.01. The fourth-order valence-corrected chi connectivity index (χ4v) is 2.10. The molecule has 0 bridgehead atoms. The van der Waals surface area contributed by atoms with Crippen molar-refractivity contribution in [2.75, 3.05) is 12.3 Å². The number of nitrogens with zero attached hydrogens (tertiary/aromatic N) is 3. The first-order chi connectivity index (χ1) is 9.63. The van der Waals surface area contributed by atoms with Crippen LogP contribution in [0.1, 0.15) is 25.3 Å². The second-order valence-corrected chi connectivity index (χ2v) is 4.94. The number of hydrogen-bond donors (Lipinski definition) is 2. The number of aryl methyl sites for hydroxylation is 1. The van der Waals surface area contributed by atoms with Crippen molar-refractivity contribution in [2.45, 2.75) is 26.7 Å². The number of rotatable bonds is 5. The fourth-order valence-electron chi connectivity index (χ4n) is 2.10. The molecule has 0 spiro atoms. The van der Waals surface area contributed by atoms with Gasteiger partial charge >= 0.3 is 0 Å². The Bertz CT molecular complexity index is 625. The lowest BCUT2D eigenvalue weighted by molar-refractivity contribution is 0.257. The largest absolute Gasteiger partial charge is 0.396 e. The monoisotopic (exact) mass is 272 g/mol. The van der Waals surface area contributed by atoms with Crippen LogP contribution in [0, 0.1) is 12.8 Å². The van der Waals surface area contributed by atoms with E-state index in [1.165, 1.54) is 0 Å². The summed E-state index contributed by atoms with van der Waals surface area (Å²) in [6, 6.07) is 5.89. The van der Waals surface area contributed by atoms with Crippen molar-refractivity contribution in [2.24, 2.45) is 10.9 Å². The van der Waals surface area contributed by atoms with E-state index in [0.717, 1.165) is 29.3 Å². The highest BCUT2D eigenvalue weighted by molar-refractivity contribution is 5.90. The first-order valence-electron chi connectivity index (χ1n) is 6.83. The highest BCUT2D eigenvalue weighted by Crippen LogP contribution is 2.24. The van der Waals surface area contributed by atoms with Gasteiger partial charge < -0.3 is 10.8 Å². The van der Waals surface area contributed by atoms with Crippen molar-refractivity contribution in [3.8, 4) is 0 Å². The van der Waals surface area contributed by atoms with E-state index >= 15 is 0 Å². The molecule has 5 nitrogen and oxygen atoms in total. The first kappa shape index (κ1) is 14.4. The second kappa shape index (κ2) is 6.43. The normalized spacial score (nSPS) is 13.2. The lowest BCUT2D eigenvalue weighted by Crippen LogP contribution is -2.06. The van der Waals surface area contributed by atoms with E-state index in [-0.39, 0.29) is 18.5 Å². The van der Waals surface area contributed by atoms with Gasteiger partial charge in [-0.25, -0.2) is 9.98 Å². The number of aliphatic imine (C=N–C) groups is 1. The van der Waals surface area contributed by atoms with Gasteiger partial charge in [0.1, 0.15) is 0 Å². The summed E-state index contributed by atoms with van der Waals surface area (Å²) in [6.07, 6.45) is 3.66. The Kier molecular flexibility index (Phi) is 4.63. The van der Waals surface area contributed by atoms with Crippen molar-refractivity contribution in [3.63, 3.8) is 0 Å². The Morgan fingerprint density at radius 3 is 2.90 bits per heavy atom. The van der Waals surface area contributed by atoms with Crippen molar-refractivity contribution in [3.05, 3.63) is 23.8 Å². The Morgan fingerprint density at radius 1 is 1.40 bits per heavy atom. The summed E-state index contributed by atoms with van der Waals surface area (Å²) in [4.78, 5) is 12.8. The number of nitrogen functional groups attached to an aromatic ring is 1. The molecule has 106 valence electrons. The van der Waals surface area contributed by atoms with Gasteiger partial charge in [-0.3, -0.25) is 0 Å². The van der Waals surface area contributed by atoms with Crippen LogP contribution in [0.2, 0.25) is 0 Å². The van der Waals surface area contributed by atoms with Crippen molar-refractivity contribution >= 4 is 28.9 Å². The molecule has 1 heterocycles. The fraction of sp³-hybridized carbons (Fsp3) is 0.400. The molecule has 0 aliphatic carbocycles. The summed E-state index contributed by atoms with van der Waals surface area (Å²) < 4.78 is 0. The van der Waals surface area contributed by atoms with E-state index in [1.54, 1.807) is 6.21 Å². The summed E-state index contributed by atoms with van der Waals surface area (Å²) >= 11 is 0. The van der Waals surface area contributed by atoms with Gasteiger partial charge in [-0.05, 0) is 25.5 Å². The third-order valence-electron chi connectivity index (χ3n) is 3.15. The van der Waals surface area contributed by atoms with Crippen LogP contribution in [-0.2, 0) is 0 Å². The molecule has 0 aliphatic rings. The molecule has 1 aromatic carbocycles. The Morgan fingerprint density at radius 2 is 2.20 bits per heavy atom. The maximum atomic E-state index is 9.30. The van der Waals surface area contributed by atoms with E-state index in [1.807, 2.05) is 25.1 Å². The van der Waals surface area contributed by atoms with Gasteiger partial charge in [0.05, 0.1) is 12.1 Å². The number of fused-ring (bicyclic) bond motifs is 1. The minimum absolute atomic E-state index is 0.0519. The van der Waals surface area contributed by atoms with Crippen LogP contribution in [0.25, 0.3) is 10.9 Å². The minimum Gasteiger partial charge on any atom is -0.396 e. The number of aromatic nitrogens is 2. The van der Waals surface area contributed by atoms with Gasteiger partial charge in [0.25, 0.3) is 0 Å². The molecule has 0 aliphatic heterocycles. The average Bonchev–Trinajstić information content (AvgIpc) is 2.43. The van der Waals surface area contributed by atoms with Crippen molar-refractivity contribution < 1.29 is 5.11 Å². The molecule has 0 amide bonds. The standard InChI is InChI=1S/C15H20N4O/c1-3-4-11(9-20)8-17-14-12-7-10(2)5-6-13(12)18-15(16)19-14/h5-8,11,20H,3-4,9H2,1-2H3,(H2,16,18,19)/b17-8-/t11-/m1/s1. The third kappa shape index (κ3) is 3.30. The van der Waals surface area contributed by atoms with Gasteiger partial charge in [0, 0.05) is 17.5 Å². The van der Waals surface area contributed by atoms with Gasteiger partial charge in [-0.2, -0.15) is 4.98 Å². The Balaban J connectivity index is 2.42. The molecule has 2 aromatic rings.